The van der Waals surface area contributed by atoms with E-state index in [-0.39, 0.29) is 18.0 Å². The summed E-state index contributed by atoms with van der Waals surface area (Å²) in [6.07, 6.45) is -3.19. The highest BCUT2D eigenvalue weighted by atomic mass is 19.4. The van der Waals surface area contributed by atoms with Crippen molar-refractivity contribution in [3.05, 3.63) is 35.1 Å². The van der Waals surface area contributed by atoms with Gasteiger partial charge in [0.15, 0.2) is 0 Å². The third-order valence-electron chi connectivity index (χ3n) is 4.18. The summed E-state index contributed by atoms with van der Waals surface area (Å²) in [4.78, 5) is 24.5. The average molecular weight is 376 g/mol. The van der Waals surface area contributed by atoms with E-state index in [1.807, 2.05) is 0 Å². The largest absolute Gasteiger partial charge is 0.416 e. The monoisotopic (exact) mass is 376 g/mol. The van der Waals surface area contributed by atoms with Gasteiger partial charge in [-0.3, -0.25) is 0 Å². The van der Waals surface area contributed by atoms with Gasteiger partial charge < -0.3 is 21.3 Å². The van der Waals surface area contributed by atoms with Gasteiger partial charge in [0, 0.05) is 26.2 Å². The zero-order valence-corrected chi connectivity index (χ0v) is 13.9. The van der Waals surface area contributed by atoms with Crippen molar-refractivity contribution in [1.29, 1.82) is 0 Å². The van der Waals surface area contributed by atoms with Gasteiger partial charge in [-0.1, -0.05) is 6.07 Å². The fourth-order valence-corrected chi connectivity index (χ4v) is 2.91. The maximum Gasteiger partial charge on any atom is 0.416 e. The SMILES string of the molecule is NC(=O)NCC1CCCN(C(=O)NCc2ccc(F)cc2C(F)(F)F)C1. The molecule has 1 fully saturated rings. The van der Waals surface area contributed by atoms with Crippen LogP contribution >= 0.6 is 0 Å². The van der Waals surface area contributed by atoms with Crippen LogP contribution in [0.3, 0.4) is 0 Å². The lowest BCUT2D eigenvalue weighted by Crippen LogP contribution is -2.48. The second kappa shape index (κ2) is 8.24. The number of nitrogens with one attached hydrogen (secondary N) is 2. The molecule has 4 amide bonds. The molecule has 1 atom stereocenters. The molecule has 1 aromatic carbocycles. The van der Waals surface area contributed by atoms with Crippen LogP contribution in [-0.4, -0.2) is 36.6 Å². The Labute approximate surface area is 147 Å². The molecule has 0 aromatic heterocycles. The molecule has 6 nitrogen and oxygen atoms in total. The molecule has 144 valence electrons. The Kier molecular flexibility index (Phi) is 6.27. The second-order valence-corrected chi connectivity index (χ2v) is 6.16. The van der Waals surface area contributed by atoms with E-state index >= 15 is 0 Å². The molecule has 1 saturated heterocycles. The van der Waals surface area contributed by atoms with Crippen molar-refractivity contribution >= 4 is 12.1 Å². The smallest absolute Gasteiger partial charge is 0.352 e. The van der Waals surface area contributed by atoms with Crippen molar-refractivity contribution in [2.75, 3.05) is 19.6 Å². The van der Waals surface area contributed by atoms with E-state index in [2.05, 4.69) is 10.6 Å². The number of nitrogens with zero attached hydrogens (tertiary/aromatic N) is 1. The number of hydrogen-bond donors (Lipinski definition) is 3. The number of hydrogen-bond acceptors (Lipinski definition) is 2. The number of rotatable bonds is 4. The first-order chi connectivity index (χ1) is 12.2. The van der Waals surface area contributed by atoms with Crippen molar-refractivity contribution in [2.24, 2.45) is 11.7 Å². The molecule has 2 rings (SSSR count). The molecular formula is C16H20F4N4O2. The molecule has 0 saturated carbocycles. The van der Waals surface area contributed by atoms with Crippen LogP contribution < -0.4 is 16.4 Å². The normalized spacial score (nSPS) is 17.7. The summed E-state index contributed by atoms with van der Waals surface area (Å²) in [7, 11) is 0. The maximum atomic E-state index is 13.1. The second-order valence-electron chi connectivity index (χ2n) is 6.16. The van der Waals surface area contributed by atoms with Crippen LogP contribution in [0.2, 0.25) is 0 Å². The Hall–Kier alpha value is -2.52. The van der Waals surface area contributed by atoms with Crippen LogP contribution in [0.5, 0.6) is 0 Å². The molecule has 1 heterocycles. The average Bonchev–Trinajstić information content (AvgIpc) is 2.58. The number of likely N-dealkylation sites (tertiary alicyclic amines) is 1. The van der Waals surface area contributed by atoms with Crippen molar-refractivity contribution < 1.29 is 27.2 Å². The van der Waals surface area contributed by atoms with Gasteiger partial charge in [-0.25, -0.2) is 14.0 Å². The van der Waals surface area contributed by atoms with Crippen LogP contribution in [0.4, 0.5) is 27.2 Å². The summed E-state index contributed by atoms with van der Waals surface area (Å²) in [5, 5.41) is 4.92. The summed E-state index contributed by atoms with van der Waals surface area (Å²) in [6, 6.07) is 1.18. The molecule has 0 spiro atoms. The first-order valence-corrected chi connectivity index (χ1v) is 8.08. The van der Waals surface area contributed by atoms with Crippen LogP contribution in [0, 0.1) is 11.7 Å². The maximum absolute atomic E-state index is 13.1. The number of primary amides is 1. The summed E-state index contributed by atoms with van der Waals surface area (Å²) >= 11 is 0. The van der Waals surface area contributed by atoms with Crippen LogP contribution in [0.25, 0.3) is 0 Å². The van der Waals surface area contributed by atoms with Crippen molar-refractivity contribution in [1.82, 2.24) is 15.5 Å². The number of piperidine rings is 1. The zero-order chi connectivity index (χ0) is 19.3. The Balaban J connectivity index is 1.95. The topological polar surface area (TPSA) is 87.5 Å². The highest BCUT2D eigenvalue weighted by Crippen LogP contribution is 2.32. The number of urea groups is 2. The van der Waals surface area contributed by atoms with Gasteiger partial charge in [-0.2, -0.15) is 13.2 Å². The Morgan fingerprint density at radius 3 is 2.65 bits per heavy atom. The number of carbonyl (C=O) groups excluding carboxylic acids is 2. The van der Waals surface area contributed by atoms with E-state index in [1.165, 1.54) is 4.90 Å². The van der Waals surface area contributed by atoms with E-state index in [0.29, 0.717) is 32.1 Å². The number of carbonyl (C=O) groups is 2. The lowest BCUT2D eigenvalue weighted by Gasteiger charge is -2.32. The lowest BCUT2D eigenvalue weighted by molar-refractivity contribution is -0.138. The quantitative estimate of drug-likeness (QED) is 0.705. The van der Waals surface area contributed by atoms with Crippen LogP contribution in [0.1, 0.15) is 24.0 Å². The van der Waals surface area contributed by atoms with Gasteiger partial charge in [0.1, 0.15) is 5.82 Å². The number of halogens is 4. The standard InChI is InChI=1S/C16H20F4N4O2/c17-12-4-3-11(13(6-12)16(18,19)20)8-23-15(26)24-5-1-2-10(9-24)7-22-14(21)25/h3-4,6,10H,1-2,5,7-9H2,(H,23,26)(H3,21,22,25). The van der Waals surface area contributed by atoms with Gasteiger partial charge >= 0.3 is 18.2 Å². The minimum absolute atomic E-state index is 0.0264. The van der Waals surface area contributed by atoms with Crippen LogP contribution in [0.15, 0.2) is 18.2 Å². The molecule has 0 radical (unpaired) electrons. The van der Waals surface area contributed by atoms with Crippen LogP contribution in [-0.2, 0) is 12.7 Å². The fraction of sp³-hybridized carbons (Fsp3) is 0.500. The lowest BCUT2D eigenvalue weighted by atomic mass is 9.98. The first-order valence-electron chi connectivity index (χ1n) is 8.08. The van der Waals surface area contributed by atoms with E-state index < -0.39 is 29.6 Å². The summed E-state index contributed by atoms with van der Waals surface area (Å²) in [5.74, 6) is -0.966. The van der Waals surface area contributed by atoms with Gasteiger partial charge in [-0.15, -0.1) is 0 Å². The van der Waals surface area contributed by atoms with Gasteiger partial charge in [-0.05, 0) is 36.5 Å². The Morgan fingerprint density at radius 1 is 1.27 bits per heavy atom. The summed E-state index contributed by atoms with van der Waals surface area (Å²) in [6.45, 7) is 0.792. The number of benzene rings is 1. The molecule has 0 aliphatic carbocycles. The molecule has 1 unspecified atom stereocenters. The zero-order valence-electron chi connectivity index (χ0n) is 13.9. The predicted molar refractivity (Wildman–Crippen MR) is 85.5 cm³/mol. The molecule has 1 aromatic rings. The van der Waals surface area contributed by atoms with E-state index in [9.17, 15) is 27.2 Å². The van der Waals surface area contributed by atoms with E-state index in [4.69, 9.17) is 5.73 Å². The highest BCUT2D eigenvalue weighted by molar-refractivity contribution is 5.74. The molecule has 26 heavy (non-hydrogen) atoms. The number of amides is 4. The van der Waals surface area contributed by atoms with Gasteiger partial charge in [0.2, 0.25) is 0 Å². The van der Waals surface area contributed by atoms with E-state index in [0.717, 1.165) is 18.6 Å². The molecule has 0 bridgehead atoms. The minimum Gasteiger partial charge on any atom is -0.352 e. The fourth-order valence-electron chi connectivity index (χ4n) is 2.91. The van der Waals surface area contributed by atoms with Crippen molar-refractivity contribution in [3.8, 4) is 0 Å². The molecule has 1 aliphatic heterocycles. The molecular weight excluding hydrogens is 356 g/mol. The molecule has 4 N–H and O–H groups in total. The minimum atomic E-state index is -4.71. The van der Waals surface area contributed by atoms with Gasteiger partial charge in [0.05, 0.1) is 5.56 Å². The third kappa shape index (κ3) is 5.50. The number of nitrogens with two attached hydrogens (primary N) is 1. The summed E-state index contributed by atoms with van der Waals surface area (Å²) < 4.78 is 52.0. The Morgan fingerprint density at radius 2 is 2.00 bits per heavy atom. The van der Waals surface area contributed by atoms with Crippen molar-refractivity contribution in [3.63, 3.8) is 0 Å². The van der Waals surface area contributed by atoms with Crippen molar-refractivity contribution in [2.45, 2.75) is 25.6 Å². The molecule has 10 heteroatoms. The number of alkyl halides is 3. The first kappa shape index (κ1) is 19.8. The van der Waals surface area contributed by atoms with E-state index in [1.54, 1.807) is 0 Å². The Bertz CT molecular complexity index is 666. The third-order valence-corrected chi connectivity index (χ3v) is 4.18. The van der Waals surface area contributed by atoms with Gasteiger partial charge in [0.25, 0.3) is 0 Å². The molecule has 1 aliphatic rings. The predicted octanol–water partition coefficient (Wildman–Crippen LogP) is 2.43. The summed E-state index contributed by atoms with van der Waals surface area (Å²) in [5.41, 5.74) is 3.69. The highest BCUT2D eigenvalue weighted by Gasteiger charge is 2.34.